The van der Waals surface area contributed by atoms with Crippen molar-refractivity contribution in [2.24, 2.45) is 0 Å². The van der Waals surface area contributed by atoms with Crippen LogP contribution in [0.5, 0.6) is 11.5 Å². The van der Waals surface area contributed by atoms with E-state index in [-0.39, 0.29) is 0 Å². The molecule has 2 rings (SSSR count). The molecule has 110 valence electrons. The molecule has 1 atom stereocenters. The van der Waals surface area contributed by atoms with Crippen LogP contribution in [0.2, 0.25) is 0 Å². The van der Waals surface area contributed by atoms with E-state index >= 15 is 0 Å². The van der Waals surface area contributed by atoms with E-state index in [0.717, 1.165) is 12.1 Å². The van der Waals surface area contributed by atoms with Crippen LogP contribution in [0.4, 0.5) is 0 Å². The van der Waals surface area contributed by atoms with Crippen LogP contribution in [0, 0.1) is 0 Å². The molecule has 0 spiro atoms. The van der Waals surface area contributed by atoms with Gasteiger partial charge >= 0.3 is 5.97 Å². The molecule has 6 heteroatoms. The zero-order valence-corrected chi connectivity index (χ0v) is 11.8. The minimum Gasteiger partial charge on any atom is -0.493 e. The van der Waals surface area contributed by atoms with E-state index in [9.17, 15) is 4.79 Å². The van der Waals surface area contributed by atoms with Crippen LogP contribution in [0.1, 0.15) is 5.56 Å². The lowest BCUT2D eigenvalue weighted by Crippen LogP contribution is -2.53. The predicted octanol–water partition coefficient (Wildman–Crippen LogP) is 0.562. The van der Waals surface area contributed by atoms with Gasteiger partial charge < -0.3 is 19.9 Å². The molecule has 1 saturated heterocycles. The predicted molar refractivity (Wildman–Crippen MR) is 74.2 cm³/mol. The summed E-state index contributed by atoms with van der Waals surface area (Å²) in [6, 6.07) is 5.22. The van der Waals surface area contributed by atoms with Crippen molar-refractivity contribution in [3.63, 3.8) is 0 Å². The Labute approximate surface area is 118 Å². The van der Waals surface area contributed by atoms with E-state index in [4.69, 9.17) is 14.6 Å². The monoisotopic (exact) mass is 280 g/mol. The van der Waals surface area contributed by atoms with Gasteiger partial charge in [0.1, 0.15) is 6.04 Å². The molecule has 0 aliphatic carbocycles. The number of rotatable bonds is 5. The molecule has 0 aromatic heterocycles. The van der Waals surface area contributed by atoms with Gasteiger partial charge in [0, 0.05) is 31.7 Å². The van der Waals surface area contributed by atoms with Gasteiger partial charge in [-0.1, -0.05) is 12.1 Å². The number of nitrogens with one attached hydrogen (secondary N) is 1. The summed E-state index contributed by atoms with van der Waals surface area (Å²) in [7, 11) is 3.21. The Bertz CT molecular complexity index is 478. The lowest BCUT2D eigenvalue weighted by atomic mass is 10.1. The number of para-hydroxylation sites is 1. The molecule has 1 fully saturated rings. The number of methoxy groups -OCH3 is 2. The molecule has 0 radical (unpaired) electrons. The highest BCUT2D eigenvalue weighted by atomic mass is 16.5. The van der Waals surface area contributed by atoms with Gasteiger partial charge in [-0.25, -0.2) is 0 Å². The minimum absolute atomic E-state index is 0.482. The fourth-order valence-electron chi connectivity index (χ4n) is 2.44. The Hall–Kier alpha value is -1.79. The van der Waals surface area contributed by atoms with Crippen LogP contribution in [-0.4, -0.2) is 55.9 Å². The third-order valence-corrected chi connectivity index (χ3v) is 3.44. The van der Waals surface area contributed by atoms with Crippen LogP contribution in [-0.2, 0) is 11.3 Å². The van der Waals surface area contributed by atoms with Crippen LogP contribution in [0.15, 0.2) is 18.2 Å². The molecule has 2 N–H and O–H groups in total. The SMILES string of the molecule is COc1cccc(CN2CCNC(C(=O)O)C2)c1OC. The van der Waals surface area contributed by atoms with Crippen LogP contribution >= 0.6 is 0 Å². The Kier molecular flexibility index (Phi) is 4.81. The molecule has 1 aromatic rings. The van der Waals surface area contributed by atoms with Crippen molar-refractivity contribution >= 4 is 5.97 Å². The van der Waals surface area contributed by atoms with E-state index in [1.165, 1.54) is 0 Å². The first-order chi connectivity index (χ1) is 9.65. The van der Waals surface area contributed by atoms with Gasteiger partial charge in [-0.15, -0.1) is 0 Å². The maximum Gasteiger partial charge on any atom is 0.322 e. The van der Waals surface area contributed by atoms with E-state index in [2.05, 4.69) is 10.2 Å². The highest BCUT2D eigenvalue weighted by molar-refractivity contribution is 5.73. The van der Waals surface area contributed by atoms with Crippen LogP contribution in [0.3, 0.4) is 0 Å². The average Bonchev–Trinajstić information content (AvgIpc) is 2.47. The van der Waals surface area contributed by atoms with Gasteiger partial charge in [0.2, 0.25) is 0 Å². The molecule has 0 amide bonds. The molecule has 1 aliphatic heterocycles. The van der Waals surface area contributed by atoms with Crippen molar-refractivity contribution in [3.8, 4) is 11.5 Å². The molecule has 0 saturated carbocycles. The Balaban J connectivity index is 2.11. The van der Waals surface area contributed by atoms with Crippen molar-refractivity contribution < 1.29 is 19.4 Å². The standard InChI is InChI=1S/C14H20N2O4/c1-19-12-5-3-4-10(13(12)20-2)8-16-7-6-15-11(9-16)14(17)18/h3-5,11,15H,6-9H2,1-2H3,(H,17,18). The summed E-state index contributed by atoms with van der Waals surface area (Å²) < 4.78 is 10.7. The molecule has 1 unspecified atom stereocenters. The van der Waals surface area contributed by atoms with E-state index < -0.39 is 12.0 Å². The highest BCUT2D eigenvalue weighted by Crippen LogP contribution is 2.31. The third kappa shape index (κ3) is 3.20. The molecular formula is C14H20N2O4. The number of nitrogens with zero attached hydrogens (tertiary/aromatic N) is 1. The molecular weight excluding hydrogens is 260 g/mol. The molecule has 0 bridgehead atoms. The highest BCUT2D eigenvalue weighted by Gasteiger charge is 2.25. The number of carboxylic acid groups (broad SMARTS) is 1. The summed E-state index contributed by atoms with van der Waals surface area (Å²) in [5.74, 6) is 0.586. The molecule has 20 heavy (non-hydrogen) atoms. The first-order valence-corrected chi connectivity index (χ1v) is 6.54. The topological polar surface area (TPSA) is 71.0 Å². The number of benzene rings is 1. The second-order valence-corrected chi connectivity index (χ2v) is 4.73. The number of hydrogen-bond donors (Lipinski definition) is 2. The van der Waals surface area contributed by atoms with E-state index in [1.54, 1.807) is 14.2 Å². The summed E-state index contributed by atoms with van der Waals surface area (Å²) in [5, 5.41) is 12.1. The summed E-state index contributed by atoms with van der Waals surface area (Å²) in [6.07, 6.45) is 0. The number of carbonyl (C=O) groups is 1. The lowest BCUT2D eigenvalue weighted by molar-refractivity contribution is -0.140. The third-order valence-electron chi connectivity index (χ3n) is 3.44. The maximum absolute atomic E-state index is 11.0. The largest absolute Gasteiger partial charge is 0.493 e. The van der Waals surface area contributed by atoms with Gasteiger partial charge in [-0.3, -0.25) is 9.69 Å². The fraction of sp³-hybridized carbons (Fsp3) is 0.500. The second-order valence-electron chi connectivity index (χ2n) is 4.73. The molecule has 1 heterocycles. The van der Waals surface area contributed by atoms with Gasteiger partial charge in [-0.2, -0.15) is 0 Å². The Morgan fingerprint density at radius 3 is 2.90 bits per heavy atom. The fourth-order valence-corrected chi connectivity index (χ4v) is 2.44. The minimum atomic E-state index is -0.813. The van der Waals surface area contributed by atoms with Gasteiger partial charge in [-0.05, 0) is 6.07 Å². The summed E-state index contributed by atoms with van der Waals surface area (Å²) >= 11 is 0. The smallest absolute Gasteiger partial charge is 0.322 e. The van der Waals surface area contributed by atoms with Crippen molar-refractivity contribution in [3.05, 3.63) is 23.8 Å². The van der Waals surface area contributed by atoms with Gasteiger partial charge in [0.05, 0.1) is 14.2 Å². The first kappa shape index (κ1) is 14.6. The number of piperazine rings is 1. The van der Waals surface area contributed by atoms with Gasteiger partial charge in [0.15, 0.2) is 11.5 Å². The Morgan fingerprint density at radius 2 is 2.25 bits per heavy atom. The van der Waals surface area contributed by atoms with Gasteiger partial charge in [0.25, 0.3) is 0 Å². The summed E-state index contributed by atoms with van der Waals surface area (Å²) in [5.41, 5.74) is 0.998. The van der Waals surface area contributed by atoms with Crippen molar-refractivity contribution in [1.82, 2.24) is 10.2 Å². The zero-order chi connectivity index (χ0) is 14.5. The number of aliphatic carboxylic acids is 1. The van der Waals surface area contributed by atoms with E-state index in [1.807, 2.05) is 18.2 Å². The normalized spacial score (nSPS) is 19.6. The van der Waals surface area contributed by atoms with E-state index in [0.29, 0.717) is 31.1 Å². The summed E-state index contributed by atoms with van der Waals surface area (Å²) in [4.78, 5) is 13.1. The van der Waals surface area contributed by atoms with Crippen LogP contribution < -0.4 is 14.8 Å². The number of ether oxygens (including phenoxy) is 2. The summed E-state index contributed by atoms with van der Waals surface area (Å²) in [6.45, 7) is 2.61. The second kappa shape index (κ2) is 6.58. The lowest BCUT2D eigenvalue weighted by Gasteiger charge is -2.31. The van der Waals surface area contributed by atoms with Crippen molar-refractivity contribution in [1.29, 1.82) is 0 Å². The Morgan fingerprint density at radius 1 is 1.45 bits per heavy atom. The van der Waals surface area contributed by atoms with Crippen LogP contribution in [0.25, 0.3) is 0 Å². The quantitative estimate of drug-likeness (QED) is 0.821. The van der Waals surface area contributed by atoms with Crippen molar-refractivity contribution in [2.45, 2.75) is 12.6 Å². The maximum atomic E-state index is 11.0. The molecule has 1 aromatic carbocycles. The average molecular weight is 280 g/mol. The molecule has 1 aliphatic rings. The van der Waals surface area contributed by atoms with Crippen molar-refractivity contribution in [2.75, 3.05) is 33.9 Å². The first-order valence-electron chi connectivity index (χ1n) is 6.54. The molecule has 6 nitrogen and oxygen atoms in total. The number of carboxylic acids is 1. The zero-order valence-electron chi connectivity index (χ0n) is 11.8. The number of hydrogen-bond acceptors (Lipinski definition) is 5.